The number of phenolic OH excluding ortho intramolecular Hbond substituents is 1. The van der Waals surface area contributed by atoms with Gasteiger partial charge in [0, 0.05) is 10.6 Å². The third-order valence-electron chi connectivity index (χ3n) is 1.71. The van der Waals surface area contributed by atoms with Gasteiger partial charge in [0.1, 0.15) is 5.75 Å². The minimum Gasteiger partial charge on any atom is -0.507 e. The van der Waals surface area contributed by atoms with Gasteiger partial charge in [0.05, 0.1) is 7.11 Å². The van der Waals surface area contributed by atoms with Gasteiger partial charge in [-0.1, -0.05) is 17.7 Å². The predicted octanol–water partition coefficient (Wildman–Crippen LogP) is 1.25. The van der Waals surface area contributed by atoms with Crippen molar-refractivity contribution in [2.24, 2.45) is 0 Å². The number of benzene rings is 1. The number of halogens is 1. The zero-order valence-corrected chi connectivity index (χ0v) is 8.15. The number of carbonyl (C=O) groups excluding carboxylic acids is 1. The first kappa shape index (κ1) is 10.8. The second-order valence-corrected chi connectivity index (χ2v) is 3.07. The SMILES string of the molecule is COC(=O)C(O)c1ccc(Cl)cc1O. The molecule has 5 heteroatoms. The van der Waals surface area contributed by atoms with Crippen molar-refractivity contribution in [2.45, 2.75) is 6.10 Å². The van der Waals surface area contributed by atoms with E-state index in [2.05, 4.69) is 4.74 Å². The molecule has 76 valence electrons. The number of aliphatic hydroxyl groups is 1. The van der Waals surface area contributed by atoms with E-state index in [9.17, 15) is 15.0 Å². The molecule has 1 aromatic carbocycles. The quantitative estimate of drug-likeness (QED) is 0.731. The van der Waals surface area contributed by atoms with E-state index >= 15 is 0 Å². The maximum atomic E-state index is 10.9. The zero-order valence-electron chi connectivity index (χ0n) is 7.40. The number of hydrogen-bond acceptors (Lipinski definition) is 4. The molecule has 0 aromatic heterocycles. The van der Waals surface area contributed by atoms with Gasteiger partial charge in [0.15, 0.2) is 6.10 Å². The van der Waals surface area contributed by atoms with E-state index in [0.29, 0.717) is 5.02 Å². The van der Waals surface area contributed by atoms with Crippen LogP contribution in [-0.4, -0.2) is 23.3 Å². The highest BCUT2D eigenvalue weighted by molar-refractivity contribution is 6.30. The lowest BCUT2D eigenvalue weighted by Crippen LogP contribution is -2.13. The van der Waals surface area contributed by atoms with E-state index in [0.717, 1.165) is 7.11 Å². The molecule has 0 heterocycles. The highest BCUT2D eigenvalue weighted by Crippen LogP contribution is 2.27. The average molecular weight is 217 g/mol. The Kier molecular flexibility index (Phi) is 3.33. The highest BCUT2D eigenvalue weighted by atomic mass is 35.5. The van der Waals surface area contributed by atoms with Crippen molar-refractivity contribution in [1.82, 2.24) is 0 Å². The molecule has 0 aliphatic carbocycles. The van der Waals surface area contributed by atoms with Crippen LogP contribution in [0.1, 0.15) is 11.7 Å². The van der Waals surface area contributed by atoms with Crippen molar-refractivity contribution in [3.63, 3.8) is 0 Å². The van der Waals surface area contributed by atoms with E-state index in [-0.39, 0.29) is 11.3 Å². The Hall–Kier alpha value is -1.26. The summed E-state index contributed by atoms with van der Waals surface area (Å²) in [6, 6.07) is 4.06. The molecule has 0 amide bonds. The zero-order chi connectivity index (χ0) is 10.7. The van der Waals surface area contributed by atoms with Crippen molar-refractivity contribution >= 4 is 17.6 Å². The van der Waals surface area contributed by atoms with Crippen molar-refractivity contribution < 1.29 is 19.7 Å². The standard InChI is InChI=1S/C9H9ClO4/c1-14-9(13)8(12)6-3-2-5(10)4-7(6)11/h2-4,8,11-12H,1H3. The largest absolute Gasteiger partial charge is 0.507 e. The first-order chi connectivity index (χ1) is 6.56. The second kappa shape index (κ2) is 4.30. The summed E-state index contributed by atoms with van der Waals surface area (Å²) in [5.41, 5.74) is 0.0706. The molecule has 0 spiro atoms. The Morgan fingerprint density at radius 2 is 2.21 bits per heavy atom. The van der Waals surface area contributed by atoms with Crippen LogP contribution in [0, 0.1) is 0 Å². The van der Waals surface area contributed by atoms with Gasteiger partial charge in [-0.15, -0.1) is 0 Å². The number of hydrogen-bond donors (Lipinski definition) is 2. The van der Waals surface area contributed by atoms with Gasteiger partial charge in [0.2, 0.25) is 0 Å². The lowest BCUT2D eigenvalue weighted by molar-refractivity contribution is -0.150. The monoisotopic (exact) mass is 216 g/mol. The smallest absolute Gasteiger partial charge is 0.339 e. The predicted molar refractivity (Wildman–Crippen MR) is 50.1 cm³/mol. The molecule has 0 saturated heterocycles. The molecule has 4 nitrogen and oxygen atoms in total. The number of ether oxygens (including phenoxy) is 1. The molecular formula is C9H9ClO4. The molecule has 0 radical (unpaired) electrons. The molecule has 1 aromatic rings. The number of esters is 1. The van der Waals surface area contributed by atoms with Crippen LogP contribution in [0.4, 0.5) is 0 Å². The van der Waals surface area contributed by atoms with Crippen LogP contribution >= 0.6 is 11.6 Å². The summed E-state index contributed by atoms with van der Waals surface area (Å²) in [5, 5.41) is 19.1. The first-order valence-electron chi connectivity index (χ1n) is 3.80. The molecule has 14 heavy (non-hydrogen) atoms. The Morgan fingerprint density at radius 3 is 2.71 bits per heavy atom. The minimum atomic E-state index is -1.49. The average Bonchev–Trinajstić information content (AvgIpc) is 2.15. The Bertz CT molecular complexity index is 351. The van der Waals surface area contributed by atoms with Gasteiger partial charge in [-0.05, 0) is 12.1 Å². The number of rotatable bonds is 2. The lowest BCUT2D eigenvalue weighted by Gasteiger charge is -2.10. The molecule has 1 unspecified atom stereocenters. The lowest BCUT2D eigenvalue weighted by atomic mass is 10.1. The maximum Gasteiger partial charge on any atom is 0.339 e. The maximum absolute atomic E-state index is 10.9. The van der Waals surface area contributed by atoms with Crippen LogP contribution in [0.3, 0.4) is 0 Å². The second-order valence-electron chi connectivity index (χ2n) is 2.63. The van der Waals surface area contributed by atoms with E-state index in [1.54, 1.807) is 0 Å². The van der Waals surface area contributed by atoms with Crippen LogP contribution in [0.2, 0.25) is 5.02 Å². The van der Waals surface area contributed by atoms with Crippen molar-refractivity contribution in [3.05, 3.63) is 28.8 Å². The van der Waals surface area contributed by atoms with Gasteiger partial charge < -0.3 is 14.9 Å². The summed E-state index contributed by atoms with van der Waals surface area (Å²) >= 11 is 5.58. The van der Waals surface area contributed by atoms with Crippen LogP contribution in [0.5, 0.6) is 5.75 Å². The van der Waals surface area contributed by atoms with Gasteiger partial charge in [0.25, 0.3) is 0 Å². The van der Waals surface area contributed by atoms with Crippen LogP contribution in [0.25, 0.3) is 0 Å². The fraction of sp³-hybridized carbons (Fsp3) is 0.222. The molecule has 0 aliphatic heterocycles. The van der Waals surface area contributed by atoms with Gasteiger partial charge in [-0.3, -0.25) is 0 Å². The summed E-state index contributed by atoms with van der Waals surface area (Å²) in [6.07, 6.45) is -1.49. The van der Waals surface area contributed by atoms with Crippen LogP contribution < -0.4 is 0 Å². The summed E-state index contributed by atoms with van der Waals surface area (Å²) in [6.45, 7) is 0. The summed E-state index contributed by atoms with van der Waals surface area (Å²) in [4.78, 5) is 10.9. The van der Waals surface area contributed by atoms with Crippen LogP contribution in [-0.2, 0) is 9.53 Å². The number of phenols is 1. The van der Waals surface area contributed by atoms with E-state index in [1.807, 2.05) is 0 Å². The summed E-state index contributed by atoms with van der Waals surface area (Å²) in [5.74, 6) is -1.07. The molecule has 0 fully saturated rings. The Balaban J connectivity index is 3.01. The molecule has 0 aliphatic rings. The highest BCUT2D eigenvalue weighted by Gasteiger charge is 2.20. The molecule has 1 rings (SSSR count). The van der Waals surface area contributed by atoms with Crippen molar-refractivity contribution in [1.29, 1.82) is 0 Å². The van der Waals surface area contributed by atoms with E-state index in [1.165, 1.54) is 18.2 Å². The number of methoxy groups -OCH3 is 1. The van der Waals surface area contributed by atoms with Crippen molar-refractivity contribution in [3.8, 4) is 5.75 Å². The third kappa shape index (κ3) is 2.16. The fourth-order valence-electron chi connectivity index (χ4n) is 0.987. The van der Waals surface area contributed by atoms with E-state index < -0.39 is 12.1 Å². The Morgan fingerprint density at radius 1 is 1.57 bits per heavy atom. The number of aromatic hydroxyl groups is 1. The Labute approximate surface area is 85.7 Å². The summed E-state index contributed by atoms with van der Waals surface area (Å²) in [7, 11) is 1.15. The molecule has 1 atom stereocenters. The molecule has 2 N–H and O–H groups in total. The summed E-state index contributed by atoms with van der Waals surface area (Å²) < 4.78 is 4.32. The minimum absolute atomic E-state index is 0.0706. The molecular weight excluding hydrogens is 208 g/mol. The number of carbonyl (C=O) groups is 1. The van der Waals surface area contributed by atoms with E-state index in [4.69, 9.17) is 11.6 Å². The van der Waals surface area contributed by atoms with Crippen LogP contribution in [0.15, 0.2) is 18.2 Å². The molecule has 0 bridgehead atoms. The molecule has 0 saturated carbocycles. The van der Waals surface area contributed by atoms with Gasteiger partial charge in [-0.2, -0.15) is 0 Å². The van der Waals surface area contributed by atoms with Crippen molar-refractivity contribution in [2.75, 3.05) is 7.11 Å². The first-order valence-corrected chi connectivity index (χ1v) is 4.18. The fourth-order valence-corrected chi connectivity index (χ4v) is 1.15. The topological polar surface area (TPSA) is 66.8 Å². The van der Waals surface area contributed by atoms with Gasteiger partial charge >= 0.3 is 5.97 Å². The normalized spacial score (nSPS) is 12.2. The third-order valence-corrected chi connectivity index (χ3v) is 1.95. The number of aliphatic hydroxyl groups excluding tert-OH is 1. The van der Waals surface area contributed by atoms with Gasteiger partial charge in [-0.25, -0.2) is 4.79 Å².